The number of hydrogen-bond donors (Lipinski definition) is 1. The predicted molar refractivity (Wildman–Crippen MR) is 74.6 cm³/mol. The number of rotatable bonds is 3. The summed E-state index contributed by atoms with van der Waals surface area (Å²) in [4.78, 5) is 0. The van der Waals surface area contributed by atoms with Crippen LogP contribution in [-0.4, -0.2) is 32.5 Å². The van der Waals surface area contributed by atoms with Gasteiger partial charge in [-0.2, -0.15) is 0 Å². The molecule has 0 amide bonds. The van der Waals surface area contributed by atoms with Gasteiger partial charge in [-0.15, -0.1) is 23.2 Å². The molecular formula is C12H14Cl2NO2S. The minimum atomic E-state index is -3.19. The van der Waals surface area contributed by atoms with E-state index in [1.54, 1.807) is 0 Å². The van der Waals surface area contributed by atoms with Crippen molar-refractivity contribution in [3.63, 3.8) is 0 Å². The van der Waals surface area contributed by atoms with E-state index >= 15 is 0 Å². The third-order valence-electron chi connectivity index (χ3n) is 2.97. The van der Waals surface area contributed by atoms with E-state index in [4.69, 9.17) is 23.2 Å². The molecule has 3 nitrogen and oxygen atoms in total. The molecule has 1 N–H and O–H groups in total. The van der Waals surface area contributed by atoms with Crippen LogP contribution in [0.4, 0.5) is 0 Å². The molecule has 1 aliphatic heterocycles. The summed E-state index contributed by atoms with van der Waals surface area (Å²) in [6.45, 7) is 0.804. The summed E-state index contributed by atoms with van der Waals surface area (Å²) in [6.07, 6.45) is 0. The molecule has 0 bridgehead atoms. The first-order valence-electron chi connectivity index (χ1n) is 5.66. The fourth-order valence-corrected chi connectivity index (χ4v) is 4.48. The van der Waals surface area contributed by atoms with Gasteiger partial charge in [0.1, 0.15) is 5.38 Å². The molecule has 1 aliphatic rings. The van der Waals surface area contributed by atoms with Crippen molar-refractivity contribution in [3.05, 3.63) is 41.3 Å². The Morgan fingerprint density at radius 2 is 2.00 bits per heavy atom. The molecule has 1 aromatic carbocycles. The normalized spacial score (nSPS) is 24.9. The highest BCUT2D eigenvalue weighted by Gasteiger charge is 2.39. The Morgan fingerprint density at radius 1 is 1.33 bits per heavy atom. The van der Waals surface area contributed by atoms with Gasteiger partial charge in [0.15, 0.2) is 9.84 Å². The van der Waals surface area contributed by atoms with Crippen LogP contribution >= 0.6 is 23.2 Å². The molecule has 2 rings (SSSR count). The minimum absolute atomic E-state index is 0.103. The zero-order valence-corrected chi connectivity index (χ0v) is 12.0. The summed E-state index contributed by atoms with van der Waals surface area (Å²) < 4.78 is 23.9. The maximum Gasteiger partial charge on any atom is 0.157 e. The van der Waals surface area contributed by atoms with Crippen LogP contribution in [0.5, 0.6) is 0 Å². The van der Waals surface area contributed by atoms with Gasteiger partial charge in [0.25, 0.3) is 0 Å². The van der Waals surface area contributed by atoms with E-state index in [1.165, 1.54) is 0 Å². The number of benzene rings is 1. The molecule has 1 aromatic rings. The summed E-state index contributed by atoms with van der Waals surface area (Å²) in [5, 5.41) is 2.01. The number of hydrogen-bond acceptors (Lipinski definition) is 3. The topological polar surface area (TPSA) is 46.2 Å². The van der Waals surface area contributed by atoms with Crippen molar-refractivity contribution in [2.75, 3.05) is 18.8 Å². The standard InChI is InChI=1S/C12H14Cl2NO2S/c13-11(9-4-2-1-3-5-9)12(14)10-8-15-6-7-18(10,16)17/h1-5,10-11,15H,6-8H2. The van der Waals surface area contributed by atoms with Gasteiger partial charge >= 0.3 is 0 Å². The minimum Gasteiger partial charge on any atom is -0.314 e. The lowest BCUT2D eigenvalue weighted by Crippen LogP contribution is -2.46. The van der Waals surface area contributed by atoms with E-state index < -0.39 is 20.5 Å². The van der Waals surface area contributed by atoms with Gasteiger partial charge in [0, 0.05) is 13.1 Å². The molecule has 0 aromatic heterocycles. The molecule has 6 heteroatoms. The largest absolute Gasteiger partial charge is 0.314 e. The highest BCUT2D eigenvalue weighted by atomic mass is 35.5. The first-order chi connectivity index (χ1) is 8.52. The molecule has 2 unspecified atom stereocenters. The van der Waals surface area contributed by atoms with E-state index in [2.05, 4.69) is 5.32 Å². The Bertz CT molecular complexity index is 492. The fraction of sp³-hybridized carbons (Fsp3) is 0.417. The van der Waals surface area contributed by atoms with Crippen molar-refractivity contribution in [2.24, 2.45) is 0 Å². The van der Waals surface area contributed by atoms with E-state index in [0.29, 0.717) is 13.1 Å². The Morgan fingerprint density at radius 3 is 2.61 bits per heavy atom. The molecule has 0 aliphatic carbocycles. The Balaban J connectivity index is 2.18. The van der Waals surface area contributed by atoms with E-state index in [0.717, 1.165) is 5.56 Å². The van der Waals surface area contributed by atoms with Gasteiger partial charge in [0.2, 0.25) is 0 Å². The lowest BCUT2D eigenvalue weighted by Gasteiger charge is -2.28. The van der Waals surface area contributed by atoms with Crippen molar-refractivity contribution in [2.45, 2.75) is 10.6 Å². The number of halogens is 2. The molecule has 18 heavy (non-hydrogen) atoms. The van der Waals surface area contributed by atoms with E-state index in [-0.39, 0.29) is 11.1 Å². The molecule has 0 spiro atoms. The number of alkyl halides is 1. The second kappa shape index (κ2) is 5.78. The molecule has 1 heterocycles. The molecule has 99 valence electrons. The van der Waals surface area contributed by atoms with Crippen LogP contribution in [0.1, 0.15) is 10.9 Å². The summed E-state index contributed by atoms with van der Waals surface area (Å²) >= 11 is 12.5. The van der Waals surface area contributed by atoms with Crippen LogP contribution < -0.4 is 5.32 Å². The Hall–Kier alpha value is -0.290. The number of sulfone groups is 1. The third-order valence-corrected chi connectivity index (χ3v) is 6.24. The second-order valence-corrected chi connectivity index (χ2v) is 7.39. The zero-order chi connectivity index (χ0) is 13.2. The van der Waals surface area contributed by atoms with Gasteiger partial charge < -0.3 is 5.32 Å². The van der Waals surface area contributed by atoms with Crippen LogP contribution in [-0.2, 0) is 9.84 Å². The Labute approximate surface area is 117 Å². The quantitative estimate of drug-likeness (QED) is 0.870. The summed E-state index contributed by atoms with van der Waals surface area (Å²) in [5.41, 5.74) is 0.810. The number of nitrogens with one attached hydrogen (secondary N) is 1. The van der Waals surface area contributed by atoms with Gasteiger partial charge in [-0.3, -0.25) is 0 Å². The molecular weight excluding hydrogens is 293 g/mol. The first-order valence-corrected chi connectivity index (χ1v) is 8.19. The molecule has 1 saturated heterocycles. The molecule has 1 fully saturated rings. The highest BCUT2D eigenvalue weighted by Crippen LogP contribution is 2.38. The van der Waals surface area contributed by atoms with Crippen molar-refractivity contribution < 1.29 is 8.42 Å². The average molecular weight is 307 g/mol. The van der Waals surface area contributed by atoms with Crippen LogP contribution in [0.15, 0.2) is 30.3 Å². The lowest BCUT2D eigenvalue weighted by molar-refractivity contribution is 0.552. The van der Waals surface area contributed by atoms with Gasteiger partial charge in [0.05, 0.1) is 16.4 Å². The smallest absolute Gasteiger partial charge is 0.157 e. The SMILES string of the molecule is O=S1(=O)CCNCC1[C](Cl)C(Cl)c1ccccc1. The monoisotopic (exact) mass is 306 g/mol. The summed E-state index contributed by atoms with van der Waals surface area (Å²) in [5.74, 6) is 0.103. The van der Waals surface area contributed by atoms with Crippen LogP contribution in [0.25, 0.3) is 0 Å². The molecule has 2 atom stereocenters. The van der Waals surface area contributed by atoms with Crippen LogP contribution in [0.2, 0.25) is 0 Å². The second-order valence-electron chi connectivity index (χ2n) is 4.22. The maximum atomic E-state index is 12.0. The Kier molecular flexibility index (Phi) is 4.54. The van der Waals surface area contributed by atoms with Gasteiger partial charge in [-0.05, 0) is 5.56 Å². The van der Waals surface area contributed by atoms with Crippen molar-refractivity contribution in [1.29, 1.82) is 0 Å². The molecule has 0 saturated carbocycles. The van der Waals surface area contributed by atoms with Crippen molar-refractivity contribution in [1.82, 2.24) is 5.32 Å². The fourth-order valence-electron chi connectivity index (χ4n) is 1.93. The third kappa shape index (κ3) is 2.99. The van der Waals surface area contributed by atoms with Gasteiger partial charge in [-0.25, -0.2) is 8.42 Å². The first kappa shape index (κ1) is 14.1. The van der Waals surface area contributed by atoms with Crippen molar-refractivity contribution >= 4 is 33.0 Å². The molecule has 1 radical (unpaired) electrons. The highest BCUT2D eigenvalue weighted by molar-refractivity contribution is 7.92. The van der Waals surface area contributed by atoms with E-state index in [1.807, 2.05) is 30.3 Å². The summed E-state index contributed by atoms with van der Waals surface area (Å²) in [7, 11) is -3.19. The van der Waals surface area contributed by atoms with Gasteiger partial charge in [-0.1, -0.05) is 30.3 Å². The predicted octanol–water partition coefficient (Wildman–Crippen LogP) is 2.12. The average Bonchev–Trinajstić information content (AvgIpc) is 2.37. The van der Waals surface area contributed by atoms with Crippen LogP contribution in [0, 0.1) is 5.38 Å². The van der Waals surface area contributed by atoms with Crippen LogP contribution in [0.3, 0.4) is 0 Å². The maximum absolute atomic E-state index is 12.0. The van der Waals surface area contributed by atoms with E-state index in [9.17, 15) is 8.42 Å². The lowest BCUT2D eigenvalue weighted by atomic mass is 10.1. The zero-order valence-electron chi connectivity index (χ0n) is 9.64. The summed E-state index contributed by atoms with van der Waals surface area (Å²) in [6, 6.07) is 9.25. The van der Waals surface area contributed by atoms with Crippen molar-refractivity contribution in [3.8, 4) is 0 Å².